The van der Waals surface area contributed by atoms with Gasteiger partial charge in [-0.3, -0.25) is 14.3 Å². The fraction of sp³-hybridized carbons (Fsp3) is 0.500. The lowest BCUT2D eigenvalue weighted by atomic mass is 10.1. The molecule has 1 aliphatic rings. The van der Waals surface area contributed by atoms with Crippen LogP contribution in [0, 0.1) is 0 Å². The molecule has 0 radical (unpaired) electrons. The Morgan fingerprint density at radius 3 is 3.00 bits per heavy atom. The molecule has 4 atom stereocenters. The molecule has 0 spiro atoms. The summed E-state index contributed by atoms with van der Waals surface area (Å²) in [6, 6.07) is 0. The number of rotatable bonds is 3. The summed E-state index contributed by atoms with van der Waals surface area (Å²) in [5, 5.41) is 20.0. The van der Waals surface area contributed by atoms with Crippen LogP contribution in [0.5, 0.6) is 0 Å². The fourth-order valence-corrected chi connectivity index (χ4v) is 2.63. The molecule has 114 valence electrons. The minimum atomic E-state index is -1.23. The molecule has 0 unspecified atom stereocenters. The number of fused-ring (bicyclic) bond motifs is 1. The third-order valence-corrected chi connectivity index (χ3v) is 3.65. The van der Waals surface area contributed by atoms with E-state index in [9.17, 15) is 15.0 Å². The van der Waals surface area contributed by atoms with Gasteiger partial charge in [-0.15, -0.1) is 0 Å². The minimum absolute atomic E-state index is 0.0843. The second-order valence-corrected chi connectivity index (χ2v) is 5.31. The Kier molecular flexibility index (Phi) is 3.77. The van der Waals surface area contributed by atoms with Gasteiger partial charge in [0, 0.05) is 0 Å². The largest absolute Gasteiger partial charge is 0.387 e. The second-order valence-electron chi connectivity index (χ2n) is 4.56. The molecule has 3 rings (SSSR count). The molecule has 2 aromatic rings. The standard InChI is InChI=1S/C10H12BrN5O5/c11-10-14-7-4(8(19)15-10)13-2-16(7)9-6(18)5(17)3(21-9)1-20-12/h2-3,5-6,9,17-18H,1,12H2,(H,14,15,19)/t3-,5-,6-,9-/m1/s1. The van der Waals surface area contributed by atoms with Gasteiger partial charge in [0.2, 0.25) is 0 Å². The first-order chi connectivity index (χ1) is 10.0. The summed E-state index contributed by atoms with van der Waals surface area (Å²) >= 11 is 3.08. The minimum Gasteiger partial charge on any atom is -0.387 e. The molecule has 0 bridgehead atoms. The zero-order chi connectivity index (χ0) is 15.1. The Morgan fingerprint density at radius 1 is 1.52 bits per heavy atom. The van der Waals surface area contributed by atoms with Crippen molar-refractivity contribution in [3.63, 3.8) is 0 Å². The fourth-order valence-electron chi connectivity index (χ4n) is 2.28. The predicted molar refractivity (Wildman–Crippen MR) is 71.9 cm³/mol. The summed E-state index contributed by atoms with van der Waals surface area (Å²) in [6.45, 7) is -0.0843. The topological polar surface area (TPSA) is 149 Å². The predicted octanol–water partition coefficient (Wildman–Crippen LogP) is -1.61. The molecule has 0 saturated carbocycles. The van der Waals surface area contributed by atoms with Gasteiger partial charge in [0.25, 0.3) is 5.56 Å². The van der Waals surface area contributed by atoms with E-state index in [0.717, 1.165) is 0 Å². The van der Waals surface area contributed by atoms with Crippen LogP contribution in [-0.4, -0.2) is 54.7 Å². The average Bonchev–Trinajstić information content (AvgIpc) is 2.96. The highest BCUT2D eigenvalue weighted by Gasteiger charge is 2.44. The number of aliphatic hydroxyl groups is 2. The first-order valence-corrected chi connectivity index (χ1v) is 6.78. The maximum Gasteiger partial charge on any atom is 0.279 e. The number of ether oxygens (including phenoxy) is 1. The molecule has 0 aliphatic carbocycles. The zero-order valence-electron chi connectivity index (χ0n) is 10.5. The van der Waals surface area contributed by atoms with Crippen LogP contribution in [0.3, 0.4) is 0 Å². The first kappa shape index (κ1) is 14.6. The molecule has 11 heteroatoms. The molecule has 21 heavy (non-hydrogen) atoms. The van der Waals surface area contributed by atoms with Crippen LogP contribution in [0.2, 0.25) is 0 Å². The number of aliphatic hydroxyl groups excluding tert-OH is 2. The monoisotopic (exact) mass is 361 g/mol. The third kappa shape index (κ3) is 2.37. The van der Waals surface area contributed by atoms with Gasteiger partial charge in [-0.05, 0) is 15.9 Å². The molecule has 2 aromatic heterocycles. The van der Waals surface area contributed by atoms with Gasteiger partial charge >= 0.3 is 0 Å². The van der Waals surface area contributed by atoms with Crippen molar-refractivity contribution in [3.05, 3.63) is 21.4 Å². The summed E-state index contributed by atoms with van der Waals surface area (Å²) < 4.78 is 7.10. The van der Waals surface area contributed by atoms with Crippen molar-refractivity contribution in [2.24, 2.45) is 5.90 Å². The number of imidazole rings is 1. The third-order valence-electron chi connectivity index (χ3n) is 3.28. The van der Waals surface area contributed by atoms with Gasteiger partial charge in [0.15, 0.2) is 22.1 Å². The summed E-state index contributed by atoms with van der Waals surface area (Å²) in [5.41, 5.74) is -0.112. The summed E-state index contributed by atoms with van der Waals surface area (Å²) in [6.07, 6.45) is -2.85. The normalized spacial score (nSPS) is 29.3. The first-order valence-electron chi connectivity index (χ1n) is 5.98. The number of nitrogens with one attached hydrogen (secondary N) is 1. The average molecular weight is 362 g/mol. The van der Waals surface area contributed by atoms with Gasteiger partial charge in [-0.2, -0.15) is 0 Å². The zero-order valence-corrected chi connectivity index (χ0v) is 12.1. The van der Waals surface area contributed by atoms with E-state index in [4.69, 9.17) is 10.6 Å². The number of nitrogens with two attached hydrogens (primary N) is 1. The van der Waals surface area contributed by atoms with Gasteiger partial charge in [0.1, 0.15) is 18.3 Å². The molecule has 0 amide bonds. The highest BCUT2D eigenvalue weighted by Crippen LogP contribution is 2.31. The van der Waals surface area contributed by atoms with E-state index in [0.29, 0.717) is 0 Å². The molecular weight excluding hydrogens is 350 g/mol. The van der Waals surface area contributed by atoms with Crippen molar-refractivity contribution < 1.29 is 19.8 Å². The van der Waals surface area contributed by atoms with Crippen molar-refractivity contribution in [2.75, 3.05) is 6.61 Å². The maximum absolute atomic E-state index is 11.7. The Hall–Kier alpha value is -1.37. The van der Waals surface area contributed by atoms with Crippen molar-refractivity contribution in [3.8, 4) is 0 Å². The van der Waals surface area contributed by atoms with Crippen LogP contribution in [0.1, 0.15) is 6.23 Å². The molecule has 0 aromatic carbocycles. The number of nitrogens with zero attached hydrogens (tertiary/aromatic N) is 3. The lowest BCUT2D eigenvalue weighted by Gasteiger charge is -2.16. The number of hydrogen-bond donors (Lipinski definition) is 4. The van der Waals surface area contributed by atoms with E-state index in [1.54, 1.807) is 0 Å². The highest BCUT2D eigenvalue weighted by molar-refractivity contribution is 9.10. The molecule has 1 saturated heterocycles. The number of halogens is 1. The van der Waals surface area contributed by atoms with Gasteiger partial charge in [0.05, 0.1) is 12.9 Å². The smallest absolute Gasteiger partial charge is 0.279 e. The molecule has 3 heterocycles. The van der Waals surface area contributed by atoms with Gasteiger partial charge in [-0.25, -0.2) is 15.9 Å². The molecule has 1 aliphatic heterocycles. The number of H-pyrrole nitrogens is 1. The number of hydrogen-bond acceptors (Lipinski definition) is 8. The Balaban J connectivity index is 2.03. The quantitative estimate of drug-likeness (QED) is 0.377. The second kappa shape index (κ2) is 5.44. The SMILES string of the molecule is NOC[C@H]1O[C@@H](n2cnc3c(=O)[nH]c(Br)nc32)[C@H](O)[C@@H]1O. The van der Waals surface area contributed by atoms with Crippen LogP contribution in [-0.2, 0) is 9.57 Å². The van der Waals surface area contributed by atoms with Crippen molar-refractivity contribution in [1.29, 1.82) is 0 Å². The molecule has 1 fully saturated rings. The van der Waals surface area contributed by atoms with Crippen LogP contribution >= 0.6 is 15.9 Å². The van der Waals surface area contributed by atoms with Crippen LogP contribution in [0.25, 0.3) is 11.2 Å². The van der Waals surface area contributed by atoms with Crippen LogP contribution in [0.15, 0.2) is 15.9 Å². The van der Waals surface area contributed by atoms with E-state index < -0.39 is 30.1 Å². The summed E-state index contributed by atoms with van der Waals surface area (Å²) in [4.78, 5) is 26.7. The number of aromatic amines is 1. The van der Waals surface area contributed by atoms with E-state index in [1.807, 2.05) is 0 Å². The van der Waals surface area contributed by atoms with E-state index in [-0.39, 0.29) is 22.5 Å². The van der Waals surface area contributed by atoms with Crippen molar-refractivity contribution >= 4 is 27.1 Å². The van der Waals surface area contributed by atoms with Crippen LogP contribution in [0.4, 0.5) is 0 Å². The van der Waals surface area contributed by atoms with Crippen molar-refractivity contribution in [2.45, 2.75) is 24.5 Å². The molecule has 5 N–H and O–H groups in total. The Bertz CT molecular complexity index is 717. The van der Waals surface area contributed by atoms with Gasteiger partial charge < -0.3 is 19.8 Å². The lowest BCUT2D eigenvalue weighted by Crippen LogP contribution is -2.34. The van der Waals surface area contributed by atoms with E-state index in [2.05, 4.69) is 35.7 Å². The van der Waals surface area contributed by atoms with E-state index >= 15 is 0 Å². The van der Waals surface area contributed by atoms with E-state index in [1.165, 1.54) is 10.9 Å². The van der Waals surface area contributed by atoms with Crippen molar-refractivity contribution in [1.82, 2.24) is 19.5 Å². The van der Waals surface area contributed by atoms with Crippen LogP contribution < -0.4 is 11.5 Å². The summed E-state index contributed by atoms with van der Waals surface area (Å²) in [7, 11) is 0. The lowest BCUT2D eigenvalue weighted by molar-refractivity contribution is -0.0660. The number of aromatic nitrogens is 4. The molecular formula is C10H12BrN5O5. The Labute approximate surface area is 125 Å². The summed E-state index contributed by atoms with van der Waals surface area (Å²) in [5.74, 6) is 4.95. The van der Waals surface area contributed by atoms with Gasteiger partial charge in [-0.1, -0.05) is 0 Å². The molecule has 10 nitrogen and oxygen atoms in total. The Morgan fingerprint density at radius 2 is 2.29 bits per heavy atom. The maximum atomic E-state index is 11.7. The highest BCUT2D eigenvalue weighted by atomic mass is 79.9.